The molecule has 0 atom stereocenters. The summed E-state index contributed by atoms with van der Waals surface area (Å²) in [5.41, 5.74) is 8.52. The van der Waals surface area contributed by atoms with E-state index in [1.54, 1.807) is 0 Å². The van der Waals surface area contributed by atoms with Gasteiger partial charge in [-0.15, -0.1) is 0 Å². The SMILES string of the molecule is CCN(CCCN)C(=O)c1cc(C)cc(C)c1. The molecule has 17 heavy (non-hydrogen) atoms. The molecule has 0 aliphatic heterocycles. The topological polar surface area (TPSA) is 46.3 Å². The van der Waals surface area contributed by atoms with Gasteiger partial charge in [0.05, 0.1) is 0 Å². The number of rotatable bonds is 5. The van der Waals surface area contributed by atoms with Crippen molar-refractivity contribution in [3.63, 3.8) is 0 Å². The van der Waals surface area contributed by atoms with Gasteiger partial charge in [-0.1, -0.05) is 17.2 Å². The zero-order valence-corrected chi connectivity index (χ0v) is 11.0. The molecule has 1 rings (SSSR count). The minimum atomic E-state index is 0.104. The quantitative estimate of drug-likeness (QED) is 0.848. The van der Waals surface area contributed by atoms with E-state index in [1.165, 1.54) is 0 Å². The zero-order valence-electron chi connectivity index (χ0n) is 11.0. The molecule has 3 nitrogen and oxygen atoms in total. The summed E-state index contributed by atoms with van der Waals surface area (Å²) >= 11 is 0. The van der Waals surface area contributed by atoms with Crippen LogP contribution in [0.5, 0.6) is 0 Å². The highest BCUT2D eigenvalue weighted by Crippen LogP contribution is 2.11. The monoisotopic (exact) mass is 234 g/mol. The summed E-state index contributed by atoms with van der Waals surface area (Å²) in [6, 6.07) is 5.97. The molecule has 0 heterocycles. The highest BCUT2D eigenvalue weighted by molar-refractivity contribution is 5.94. The normalized spacial score (nSPS) is 10.4. The third-order valence-corrected chi connectivity index (χ3v) is 2.77. The van der Waals surface area contributed by atoms with Crippen molar-refractivity contribution in [1.29, 1.82) is 0 Å². The van der Waals surface area contributed by atoms with Crippen molar-refractivity contribution >= 4 is 5.91 Å². The number of amides is 1. The van der Waals surface area contributed by atoms with Gasteiger partial charge in [0.15, 0.2) is 0 Å². The van der Waals surface area contributed by atoms with Crippen LogP contribution in [0.2, 0.25) is 0 Å². The summed E-state index contributed by atoms with van der Waals surface area (Å²) < 4.78 is 0. The molecule has 1 aromatic carbocycles. The van der Waals surface area contributed by atoms with Gasteiger partial charge in [0.2, 0.25) is 0 Å². The molecule has 94 valence electrons. The van der Waals surface area contributed by atoms with Crippen molar-refractivity contribution in [1.82, 2.24) is 4.90 Å². The maximum absolute atomic E-state index is 12.3. The molecule has 0 saturated heterocycles. The number of nitrogens with two attached hydrogens (primary N) is 1. The highest BCUT2D eigenvalue weighted by atomic mass is 16.2. The third-order valence-electron chi connectivity index (χ3n) is 2.77. The summed E-state index contributed by atoms with van der Waals surface area (Å²) in [6.07, 6.45) is 0.852. The Hall–Kier alpha value is -1.35. The predicted molar refractivity (Wildman–Crippen MR) is 71.2 cm³/mol. The third kappa shape index (κ3) is 3.86. The second-order valence-corrected chi connectivity index (χ2v) is 4.40. The molecule has 0 radical (unpaired) electrons. The largest absolute Gasteiger partial charge is 0.339 e. The number of carbonyl (C=O) groups is 1. The number of carbonyl (C=O) groups excluding carboxylic acids is 1. The van der Waals surface area contributed by atoms with E-state index < -0.39 is 0 Å². The molecule has 0 bridgehead atoms. The van der Waals surface area contributed by atoms with Gasteiger partial charge in [0.1, 0.15) is 0 Å². The van der Waals surface area contributed by atoms with Crippen molar-refractivity contribution < 1.29 is 4.79 Å². The van der Waals surface area contributed by atoms with E-state index in [1.807, 2.05) is 37.8 Å². The maximum Gasteiger partial charge on any atom is 0.253 e. The van der Waals surface area contributed by atoms with Crippen molar-refractivity contribution in [2.24, 2.45) is 5.73 Å². The summed E-state index contributed by atoms with van der Waals surface area (Å²) in [4.78, 5) is 14.1. The fourth-order valence-electron chi connectivity index (χ4n) is 1.97. The van der Waals surface area contributed by atoms with Crippen LogP contribution in [0.1, 0.15) is 34.8 Å². The lowest BCUT2D eigenvalue weighted by Gasteiger charge is -2.21. The molecule has 1 aromatic rings. The fourth-order valence-corrected chi connectivity index (χ4v) is 1.97. The van der Waals surface area contributed by atoms with E-state index >= 15 is 0 Å². The molecular weight excluding hydrogens is 212 g/mol. The Morgan fingerprint density at radius 2 is 1.82 bits per heavy atom. The van der Waals surface area contributed by atoms with Crippen LogP contribution in [-0.2, 0) is 0 Å². The molecule has 3 heteroatoms. The van der Waals surface area contributed by atoms with Crippen molar-refractivity contribution in [2.45, 2.75) is 27.2 Å². The molecule has 0 unspecified atom stereocenters. The molecule has 0 aliphatic carbocycles. The van der Waals surface area contributed by atoms with Gasteiger partial charge >= 0.3 is 0 Å². The lowest BCUT2D eigenvalue weighted by molar-refractivity contribution is 0.0763. The van der Waals surface area contributed by atoms with E-state index in [0.29, 0.717) is 6.54 Å². The van der Waals surface area contributed by atoms with Crippen LogP contribution in [-0.4, -0.2) is 30.4 Å². The Kier molecular flexibility index (Phi) is 5.16. The first-order chi connectivity index (χ1) is 8.08. The molecule has 0 spiro atoms. The van der Waals surface area contributed by atoms with E-state index in [2.05, 4.69) is 6.07 Å². The summed E-state index contributed by atoms with van der Waals surface area (Å²) in [6.45, 7) is 8.11. The van der Waals surface area contributed by atoms with E-state index in [4.69, 9.17) is 5.73 Å². The van der Waals surface area contributed by atoms with Crippen LogP contribution in [0.15, 0.2) is 18.2 Å². The molecule has 0 fully saturated rings. The number of aryl methyl sites for hydroxylation is 2. The highest BCUT2D eigenvalue weighted by Gasteiger charge is 2.13. The van der Waals surface area contributed by atoms with Crippen molar-refractivity contribution in [3.8, 4) is 0 Å². The molecular formula is C14H22N2O. The van der Waals surface area contributed by atoms with Crippen molar-refractivity contribution in [2.75, 3.05) is 19.6 Å². The van der Waals surface area contributed by atoms with E-state index in [-0.39, 0.29) is 5.91 Å². The average Bonchev–Trinajstić information content (AvgIpc) is 2.28. The van der Waals surface area contributed by atoms with Crippen molar-refractivity contribution in [3.05, 3.63) is 34.9 Å². The molecule has 0 aliphatic rings. The fraction of sp³-hybridized carbons (Fsp3) is 0.500. The second-order valence-electron chi connectivity index (χ2n) is 4.40. The van der Waals surface area contributed by atoms with Crippen LogP contribution in [0.3, 0.4) is 0 Å². The number of hydrogen-bond acceptors (Lipinski definition) is 2. The number of hydrogen-bond donors (Lipinski definition) is 1. The summed E-state index contributed by atoms with van der Waals surface area (Å²) in [5.74, 6) is 0.104. The Bertz CT molecular complexity index is 368. The smallest absolute Gasteiger partial charge is 0.253 e. The van der Waals surface area contributed by atoms with Gasteiger partial charge in [-0.05, 0) is 45.9 Å². The summed E-state index contributed by atoms with van der Waals surface area (Å²) in [5, 5.41) is 0. The maximum atomic E-state index is 12.3. The van der Waals surface area contributed by atoms with Gasteiger partial charge in [-0.3, -0.25) is 4.79 Å². The lowest BCUT2D eigenvalue weighted by atomic mass is 10.1. The molecule has 2 N–H and O–H groups in total. The Labute approximate surface area is 104 Å². The molecule has 1 amide bonds. The van der Waals surface area contributed by atoms with Gasteiger partial charge in [-0.2, -0.15) is 0 Å². The molecule has 0 saturated carbocycles. The minimum absolute atomic E-state index is 0.104. The number of benzene rings is 1. The first kappa shape index (κ1) is 13.7. The standard InChI is InChI=1S/C14H22N2O/c1-4-16(7-5-6-15)14(17)13-9-11(2)8-12(3)10-13/h8-10H,4-7,15H2,1-3H3. The van der Waals surface area contributed by atoms with Crippen LogP contribution in [0, 0.1) is 13.8 Å². The Morgan fingerprint density at radius 1 is 1.24 bits per heavy atom. The van der Waals surface area contributed by atoms with Gasteiger partial charge in [0, 0.05) is 18.7 Å². The average molecular weight is 234 g/mol. The van der Waals surface area contributed by atoms with E-state index in [0.717, 1.165) is 36.2 Å². The molecule has 0 aromatic heterocycles. The van der Waals surface area contributed by atoms with Crippen LogP contribution < -0.4 is 5.73 Å². The summed E-state index contributed by atoms with van der Waals surface area (Å²) in [7, 11) is 0. The van der Waals surface area contributed by atoms with Crippen LogP contribution in [0.25, 0.3) is 0 Å². The first-order valence-electron chi connectivity index (χ1n) is 6.16. The second kappa shape index (κ2) is 6.40. The minimum Gasteiger partial charge on any atom is -0.339 e. The van der Waals surface area contributed by atoms with Gasteiger partial charge in [0.25, 0.3) is 5.91 Å². The van der Waals surface area contributed by atoms with Crippen LogP contribution in [0.4, 0.5) is 0 Å². The van der Waals surface area contributed by atoms with E-state index in [9.17, 15) is 4.79 Å². The Morgan fingerprint density at radius 3 is 2.29 bits per heavy atom. The Balaban J connectivity index is 2.85. The van der Waals surface area contributed by atoms with Crippen LogP contribution >= 0.6 is 0 Å². The number of nitrogens with zero attached hydrogens (tertiary/aromatic N) is 1. The van der Waals surface area contributed by atoms with Gasteiger partial charge in [-0.25, -0.2) is 0 Å². The predicted octanol–water partition coefficient (Wildman–Crippen LogP) is 2.11. The lowest BCUT2D eigenvalue weighted by Crippen LogP contribution is -2.32. The zero-order chi connectivity index (χ0) is 12.8. The first-order valence-corrected chi connectivity index (χ1v) is 6.16. The van der Waals surface area contributed by atoms with Gasteiger partial charge < -0.3 is 10.6 Å².